The fourth-order valence-corrected chi connectivity index (χ4v) is 2.14. The molecule has 4 heteroatoms. The summed E-state index contributed by atoms with van der Waals surface area (Å²) >= 11 is 0. The van der Waals surface area contributed by atoms with Crippen LogP contribution in [-0.4, -0.2) is 22.6 Å². The van der Waals surface area contributed by atoms with Crippen LogP contribution in [0.1, 0.15) is 41.4 Å². The molecule has 110 valence electrons. The minimum absolute atomic E-state index is 0.275. The molecule has 0 saturated heterocycles. The summed E-state index contributed by atoms with van der Waals surface area (Å²) in [6, 6.07) is 13.4. The Morgan fingerprint density at radius 1 is 1.29 bits per heavy atom. The summed E-state index contributed by atoms with van der Waals surface area (Å²) in [5.41, 5.74) is 2.30. The third-order valence-electron chi connectivity index (χ3n) is 3.45. The predicted molar refractivity (Wildman–Crippen MR) is 83.9 cm³/mol. The van der Waals surface area contributed by atoms with Crippen molar-refractivity contribution in [2.45, 2.75) is 26.2 Å². The summed E-state index contributed by atoms with van der Waals surface area (Å²) in [6.45, 7) is 4.80. The summed E-state index contributed by atoms with van der Waals surface area (Å²) in [7, 11) is 0. The quantitative estimate of drug-likeness (QED) is 0.851. The number of rotatable bonds is 6. The summed E-state index contributed by atoms with van der Waals surface area (Å²) in [4.78, 5) is 15.6. The average molecular weight is 284 g/mol. The molecule has 1 aromatic carbocycles. The molecule has 0 aliphatic rings. The molecule has 0 saturated carbocycles. The zero-order valence-electron chi connectivity index (χ0n) is 12.3. The lowest BCUT2D eigenvalue weighted by Crippen LogP contribution is -2.12. The number of aromatic carboxylic acids is 1. The number of aryl methyl sites for hydroxylation is 1. The molecule has 0 bridgehead atoms. The van der Waals surface area contributed by atoms with Gasteiger partial charge in [0.2, 0.25) is 0 Å². The van der Waals surface area contributed by atoms with Crippen LogP contribution in [0.25, 0.3) is 0 Å². The fraction of sp³-hybridized carbons (Fsp3) is 0.294. The molecule has 2 N–H and O–H groups in total. The van der Waals surface area contributed by atoms with Crippen LogP contribution < -0.4 is 5.32 Å². The van der Waals surface area contributed by atoms with Gasteiger partial charge in [-0.25, -0.2) is 9.78 Å². The van der Waals surface area contributed by atoms with Crippen molar-refractivity contribution in [2.75, 3.05) is 11.9 Å². The van der Waals surface area contributed by atoms with Gasteiger partial charge in [-0.15, -0.1) is 0 Å². The van der Waals surface area contributed by atoms with Crippen LogP contribution in [0.4, 0.5) is 5.82 Å². The second-order valence-corrected chi connectivity index (χ2v) is 5.08. The topological polar surface area (TPSA) is 62.2 Å². The Labute approximate surface area is 124 Å². The van der Waals surface area contributed by atoms with Crippen LogP contribution >= 0.6 is 0 Å². The molecule has 1 unspecified atom stereocenters. The molecule has 21 heavy (non-hydrogen) atoms. The molecular weight excluding hydrogens is 264 g/mol. The van der Waals surface area contributed by atoms with Crippen LogP contribution in [-0.2, 0) is 6.42 Å². The van der Waals surface area contributed by atoms with Gasteiger partial charge < -0.3 is 10.4 Å². The minimum Gasteiger partial charge on any atom is -0.478 e. The molecule has 0 radical (unpaired) electrons. The molecule has 0 aliphatic carbocycles. The zero-order chi connectivity index (χ0) is 15.2. The van der Waals surface area contributed by atoms with Gasteiger partial charge in [0.25, 0.3) is 0 Å². The van der Waals surface area contributed by atoms with Crippen LogP contribution in [0, 0.1) is 0 Å². The normalized spacial score (nSPS) is 11.9. The van der Waals surface area contributed by atoms with Gasteiger partial charge in [-0.2, -0.15) is 0 Å². The van der Waals surface area contributed by atoms with Crippen LogP contribution in [0.15, 0.2) is 42.5 Å². The summed E-state index contributed by atoms with van der Waals surface area (Å²) in [5.74, 6) is 0.0207. The van der Waals surface area contributed by atoms with Crippen molar-refractivity contribution >= 4 is 11.8 Å². The van der Waals surface area contributed by atoms with Crippen LogP contribution in [0.5, 0.6) is 0 Å². The lowest BCUT2D eigenvalue weighted by molar-refractivity contribution is 0.0696. The number of benzene rings is 1. The standard InChI is InChI=1S/C17H20N2O2/c1-3-15-9-14(17(20)21)10-16(19-15)18-11-12(2)13-7-5-4-6-8-13/h4-10,12H,3,11H2,1-2H3,(H,18,19)(H,20,21). The molecule has 1 heterocycles. The van der Waals surface area contributed by atoms with Gasteiger partial charge in [0.1, 0.15) is 5.82 Å². The number of carboxylic acid groups (broad SMARTS) is 1. The maximum absolute atomic E-state index is 11.1. The number of aromatic nitrogens is 1. The number of carboxylic acids is 1. The minimum atomic E-state index is -0.925. The number of anilines is 1. The van der Waals surface area contributed by atoms with E-state index in [1.165, 1.54) is 5.56 Å². The Balaban J connectivity index is 2.09. The SMILES string of the molecule is CCc1cc(C(=O)O)cc(NCC(C)c2ccccc2)n1. The van der Waals surface area contributed by atoms with Gasteiger partial charge in [0, 0.05) is 12.2 Å². The van der Waals surface area contributed by atoms with E-state index in [1.807, 2.05) is 25.1 Å². The van der Waals surface area contributed by atoms with Crippen molar-refractivity contribution < 1.29 is 9.90 Å². The first-order valence-corrected chi connectivity index (χ1v) is 7.13. The molecule has 0 spiro atoms. The van der Waals surface area contributed by atoms with E-state index in [9.17, 15) is 4.79 Å². The molecule has 2 rings (SSSR count). The molecule has 0 fully saturated rings. The van der Waals surface area contributed by atoms with Gasteiger partial charge in [-0.1, -0.05) is 44.2 Å². The highest BCUT2D eigenvalue weighted by Crippen LogP contribution is 2.17. The van der Waals surface area contributed by atoms with E-state index >= 15 is 0 Å². The zero-order valence-corrected chi connectivity index (χ0v) is 12.3. The highest BCUT2D eigenvalue weighted by Gasteiger charge is 2.09. The molecule has 0 amide bonds. The first-order chi connectivity index (χ1) is 10.1. The third kappa shape index (κ3) is 4.05. The van der Waals surface area contributed by atoms with E-state index in [1.54, 1.807) is 12.1 Å². The average Bonchev–Trinajstić information content (AvgIpc) is 2.53. The summed E-state index contributed by atoms with van der Waals surface area (Å²) < 4.78 is 0. The van der Waals surface area contributed by atoms with Crippen LogP contribution in [0.2, 0.25) is 0 Å². The van der Waals surface area contributed by atoms with Gasteiger partial charge in [0.15, 0.2) is 0 Å². The van der Waals surface area contributed by atoms with Gasteiger partial charge in [0.05, 0.1) is 5.56 Å². The maximum Gasteiger partial charge on any atom is 0.335 e. The Morgan fingerprint density at radius 2 is 2.00 bits per heavy atom. The second kappa shape index (κ2) is 6.88. The number of pyridine rings is 1. The monoisotopic (exact) mass is 284 g/mol. The largest absolute Gasteiger partial charge is 0.478 e. The maximum atomic E-state index is 11.1. The summed E-state index contributed by atoms with van der Waals surface area (Å²) in [5, 5.41) is 12.4. The lowest BCUT2D eigenvalue weighted by atomic mass is 10.0. The van der Waals surface area contributed by atoms with E-state index in [0.717, 1.165) is 5.69 Å². The van der Waals surface area contributed by atoms with E-state index < -0.39 is 5.97 Å². The lowest BCUT2D eigenvalue weighted by Gasteiger charge is -2.14. The van der Waals surface area contributed by atoms with Crippen molar-refractivity contribution in [1.82, 2.24) is 4.98 Å². The number of nitrogens with one attached hydrogen (secondary N) is 1. The van der Waals surface area contributed by atoms with Crippen molar-refractivity contribution in [2.24, 2.45) is 0 Å². The van der Waals surface area contributed by atoms with Crippen molar-refractivity contribution in [1.29, 1.82) is 0 Å². The van der Waals surface area contributed by atoms with E-state index in [2.05, 4.69) is 29.4 Å². The third-order valence-corrected chi connectivity index (χ3v) is 3.45. The fourth-order valence-electron chi connectivity index (χ4n) is 2.14. The predicted octanol–water partition coefficient (Wildman–Crippen LogP) is 3.56. The Hall–Kier alpha value is -2.36. The highest BCUT2D eigenvalue weighted by atomic mass is 16.4. The van der Waals surface area contributed by atoms with Gasteiger partial charge in [-0.05, 0) is 30.0 Å². The highest BCUT2D eigenvalue weighted by molar-refractivity contribution is 5.88. The second-order valence-electron chi connectivity index (χ2n) is 5.08. The molecule has 4 nitrogen and oxygen atoms in total. The molecule has 1 atom stereocenters. The number of hydrogen-bond acceptors (Lipinski definition) is 3. The Morgan fingerprint density at radius 3 is 2.62 bits per heavy atom. The van der Waals surface area contributed by atoms with Crippen molar-refractivity contribution in [3.63, 3.8) is 0 Å². The number of hydrogen-bond donors (Lipinski definition) is 2. The van der Waals surface area contributed by atoms with Crippen molar-refractivity contribution in [3.8, 4) is 0 Å². The molecule has 2 aromatic rings. The Bertz CT molecular complexity index is 611. The number of carbonyl (C=O) groups is 1. The Kier molecular flexibility index (Phi) is 4.93. The van der Waals surface area contributed by atoms with Crippen LogP contribution in [0.3, 0.4) is 0 Å². The summed E-state index contributed by atoms with van der Waals surface area (Å²) in [6.07, 6.45) is 0.712. The van der Waals surface area contributed by atoms with E-state index in [4.69, 9.17) is 5.11 Å². The van der Waals surface area contributed by atoms with E-state index in [0.29, 0.717) is 24.7 Å². The van der Waals surface area contributed by atoms with Crippen molar-refractivity contribution in [3.05, 3.63) is 59.3 Å². The molecule has 0 aliphatic heterocycles. The smallest absolute Gasteiger partial charge is 0.335 e. The first kappa shape index (κ1) is 15.0. The molecule has 1 aromatic heterocycles. The van der Waals surface area contributed by atoms with Gasteiger partial charge >= 0.3 is 5.97 Å². The number of nitrogens with zero attached hydrogens (tertiary/aromatic N) is 1. The first-order valence-electron chi connectivity index (χ1n) is 7.13. The van der Waals surface area contributed by atoms with E-state index in [-0.39, 0.29) is 5.56 Å². The van der Waals surface area contributed by atoms with Gasteiger partial charge in [-0.3, -0.25) is 0 Å². The molecular formula is C17H20N2O2.